The molecule has 0 saturated carbocycles. The van der Waals surface area contributed by atoms with Gasteiger partial charge < -0.3 is 4.74 Å². The maximum Gasteiger partial charge on any atom is 0.181 e. The monoisotopic (exact) mass is 293 g/mol. The molecule has 110 valence electrons. The number of fused-ring (bicyclic) bond motifs is 1. The van der Waals surface area contributed by atoms with E-state index >= 15 is 0 Å². The quantitative estimate of drug-likeness (QED) is 0.674. The molecule has 1 aromatic carbocycles. The van der Waals surface area contributed by atoms with Crippen LogP contribution >= 0.6 is 0 Å². The van der Waals surface area contributed by atoms with Crippen molar-refractivity contribution in [1.82, 2.24) is 19.9 Å². The minimum Gasteiger partial charge on any atom is -0.375 e. The molecule has 0 bridgehead atoms. The van der Waals surface area contributed by atoms with E-state index in [1.165, 1.54) is 0 Å². The number of nitrogens with zero attached hydrogens (tertiary/aromatic N) is 5. The lowest BCUT2D eigenvalue weighted by Gasteiger charge is -2.12. The summed E-state index contributed by atoms with van der Waals surface area (Å²) in [5, 5.41) is 0. The molecule has 3 aromatic rings. The Balaban J connectivity index is 1.72. The topological polar surface area (TPSA) is 73.2 Å². The first-order valence-electron chi connectivity index (χ1n) is 6.88. The highest BCUT2D eigenvalue weighted by Crippen LogP contribution is 2.16. The lowest BCUT2D eigenvalue weighted by atomic mass is 10.1. The number of ether oxygens (including phenoxy) is 1. The molecule has 1 atom stereocenters. The molecular weight excluding hydrogens is 278 g/mol. The number of hydrogen-bond acceptors (Lipinski definition) is 6. The Labute approximate surface area is 128 Å². The van der Waals surface area contributed by atoms with Crippen LogP contribution in [0, 0.1) is 0 Å². The van der Waals surface area contributed by atoms with Gasteiger partial charge in [0.05, 0.1) is 19.0 Å². The first-order valence-corrected chi connectivity index (χ1v) is 6.88. The number of hydrogen-bond donors (Lipinski definition) is 0. The number of methoxy groups -OCH3 is 1. The Kier molecular flexibility index (Phi) is 4.41. The molecule has 0 aliphatic rings. The van der Waals surface area contributed by atoms with Gasteiger partial charge in [-0.1, -0.05) is 30.3 Å². The Hall–Kier alpha value is -2.73. The van der Waals surface area contributed by atoms with Gasteiger partial charge in [-0.15, -0.1) is 0 Å². The molecule has 0 fully saturated rings. The van der Waals surface area contributed by atoms with Gasteiger partial charge in [0.25, 0.3) is 0 Å². The molecule has 0 aliphatic heterocycles. The van der Waals surface area contributed by atoms with Gasteiger partial charge in [0, 0.05) is 19.5 Å². The van der Waals surface area contributed by atoms with Crippen LogP contribution in [0.5, 0.6) is 0 Å². The molecule has 1 unspecified atom stereocenters. The number of rotatable bonds is 5. The molecule has 3 rings (SSSR count). The third kappa shape index (κ3) is 3.29. The van der Waals surface area contributed by atoms with Gasteiger partial charge in [-0.3, -0.25) is 4.99 Å². The standard InChI is InChI=1S/C16H15N5O/c1-22-14(12-5-3-2-4-6-12)10-17-11-15-20-9-13-16(21-15)19-8-7-18-13/h2-9,11,14H,10H2,1H3. The molecular formula is C16H15N5O. The number of benzene rings is 1. The average Bonchev–Trinajstić information content (AvgIpc) is 2.59. The summed E-state index contributed by atoms with van der Waals surface area (Å²) in [5.41, 5.74) is 2.32. The molecule has 0 amide bonds. The zero-order valence-electron chi connectivity index (χ0n) is 12.1. The molecule has 0 radical (unpaired) electrons. The summed E-state index contributed by atoms with van der Waals surface area (Å²) in [6.07, 6.45) is 6.40. The zero-order chi connectivity index (χ0) is 15.2. The number of aromatic nitrogens is 4. The minimum absolute atomic E-state index is 0.0855. The van der Waals surface area contributed by atoms with Crippen LogP contribution in [0.1, 0.15) is 17.5 Å². The van der Waals surface area contributed by atoms with Gasteiger partial charge in [-0.05, 0) is 5.56 Å². The van der Waals surface area contributed by atoms with Crippen molar-refractivity contribution >= 4 is 17.4 Å². The van der Waals surface area contributed by atoms with E-state index in [0.717, 1.165) is 5.56 Å². The van der Waals surface area contributed by atoms with Crippen molar-refractivity contribution in [3.63, 3.8) is 0 Å². The van der Waals surface area contributed by atoms with Crippen LogP contribution in [0.2, 0.25) is 0 Å². The van der Waals surface area contributed by atoms with Crippen LogP contribution in [-0.4, -0.2) is 39.8 Å². The Morgan fingerprint density at radius 3 is 2.77 bits per heavy atom. The van der Waals surface area contributed by atoms with Gasteiger partial charge in [-0.2, -0.15) is 0 Å². The molecule has 0 aliphatic carbocycles. The first kappa shape index (κ1) is 14.2. The van der Waals surface area contributed by atoms with Crippen LogP contribution in [0.4, 0.5) is 0 Å². The van der Waals surface area contributed by atoms with Crippen molar-refractivity contribution in [2.45, 2.75) is 6.10 Å². The van der Waals surface area contributed by atoms with E-state index in [4.69, 9.17) is 4.74 Å². The van der Waals surface area contributed by atoms with Crippen LogP contribution in [-0.2, 0) is 4.74 Å². The minimum atomic E-state index is -0.0855. The maximum absolute atomic E-state index is 5.47. The predicted octanol–water partition coefficient (Wildman–Crippen LogP) is 2.23. The molecule has 6 heteroatoms. The smallest absolute Gasteiger partial charge is 0.181 e. The van der Waals surface area contributed by atoms with Crippen LogP contribution < -0.4 is 0 Å². The van der Waals surface area contributed by atoms with Gasteiger partial charge in [0.15, 0.2) is 11.5 Å². The molecule has 2 heterocycles. The fourth-order valence-corrected chi connectivity index (χ4v) is 2.06. The van der Waals surface area contributed by atoms with Crippen LogP contribution in [0.25, 0.3) is 11.2 Å². The van der Waals surface area contributed by atoms with E-state index in [-0.39, 0.29) is 6.10 Å². The highest BCUT2D eigenvalue weighted by molar-refractivity contribution is 5.78. The van der Waals surface area contributed by atoms with Crippen molar-refractivity contribution < 1.29 is 4.74 Å². The summed E-state index contributed by atoms with van der Waals surface area (Å²) >= 11 is 0. The fraction of sp³-hybridized carbons (Fsp3) is 0.188. The van der Waals surface area contributed by atoms with E-state index in [1.54, 1.807) is 31.9 Å². The summed E-state index contributed by atoms with van der Waals surface area (Å²) in [7, 11) is 1.68. The summed E-state index contributed by atoms with van der Waals surface area (Å²) in [4.78, 5) is 21.1. The van der Waals surface area contributed by atoms with Crippen LogP contribution in [0.3, 0.4) is 0 Å². The van der Waals surface area contributed by atoms with Crippen molar-refractivity contribution in [3.05, 3.63) is 60.3 Å². The highest BCUT2D eigenvalue weighted by Gasteiger charge is 2.08. The summed E-state index contributed by atoms with van der Waals surface area (Å²) in [5.74, 6) is 0.510. The van der Waals surface area contributed by atoms with E-state index < -0.39 is 0 Å². The second kappa shape index (κ2) is 6.82. The van der Waals surface area contributed by atoms with Gasteiger partial charge >= 0.3 is 0 Å². The molecule has 22 heavy (non-hydrogen) atoms. The zero-order valence-corrected chi connectivity index (χ0v) is 12.1. The van der Waals surface area contributed by atoms with Gasteiger partial charge in [-0.25, -0.2) is 19.9 Å². The largest absolute Gasteiger partial charge is 0.375 e. The Morgan fingerprint density at radius 1 is 1.14 bits per heavy atom. The Morgan fingerprint density at radius 2 is 1.95 bits per heavy atom. The van der Waals surface area contributed by atoms with E-state index in [1.807, 2.05) is 30.3 Å². The van der Waals surface area contributed by atoms with Crippen molar-refractivity contribution in [2.75, 3.05) is 13.7 Å². The molecule has 2 aromatic heterocycles. The summed E-state index contributed by atoms with van der Waals surface area (Å²) in [6, 6.07) is 9.98. The molecule has 0 spiro atoms. The SMILES string of the molecule is COC(CN=Cc1ncc2nccnc2n1)c1ccccc1. The molecule has 0 N–H and O–H groups in total. The van der Waals surface area contributed by atoms with Crippen LogP contribution in [0.15, 0.2) is 53.9 Å². The van der Waals surface area contributed by atoms with Crippen molar-refractivity contribution in [1.29, 1.82) is 0 Å². The Bertz CT molecular complexity index is 776. The summed E-state index contributed by atoms with van der Waals surface area (Å²) < 4.78 is 5.47. The predicted molar refractivity (Wildman–Crippen MR) is 83.8 cm³/mol. The van der Waals surface area contributed by atoms with E-state index in [2.05, 4.69) is 24.9 Å². The lowest BCUT2D eigenvalue weighted by Crippen LogP contribution is -2.06. The average molecular weight is 293 g/mol. The first-order chi connectivity index (χ1) is 10.9. The van der Waals surface area contributed by atoms with Crippen molar-refractivity contribution in [3.8, 4) is 0 Å². The molecule has 6 nitrogen and oxygen atoms in total. The highest BCUT2D eigenvalue weighted by atomic mass is 16.5. The second-order valence-corrected chi connectivity index (χ2v) is 4.62. The third-order valence-corrected chi connectivity index (χ3v) is 3.18. The summed E-state index contributed by atoms with van der Waals surface area (Å²) in [6.45, 7) is 0.502. The maximum atomic E-state index is 5.47. The second-order valence-electron chi connectivity index (χ2n) is 4.62. The van der Waals surface area contributed by atoms with Gasteiger partial charge in [0.2, 0.25) is 0 Å². The van der Waals surface area contributed by atoms with Gasteiger partial charge in [0.1, 0.15) is 11.6 Å². The lowest BCUT2D eigenvalue weighted by molar-refractivity contribution is 0.111. The molecule has 0 saturated heterocycles. The van der Waals surface area contributed by atoms with Crippen molar-refractivity contribution in [2.24, 2.45) is 4.99 Å². The fourth-order valence-electron chi connectivity index (χ4n) is 2.06. The van der Waals surface area contributed by atoms with E-state index in [0.29, 0.717) is 23.5 Å². The third-order valence-electron chi connectivity index (χ3n) is 3.18. The normalized spacial score (nSPS) is 12.8. The number of aliphatic imine (C=N–C) groups is 1. The van der Waals surface area contributed by atoms with E-state index in [9.17, 15) is 0 Å².